The first-order chi connectivity index (χ1) is 9.16. The van der Waals surface area contributed by atoms with Crippen LogP contribution in [-0.4, -0.2) is 41.3 Å². The minimum absolute atomic E-state index is 0.117. The predicted molar refractivity (Wildman–Crippen MR) is 72.6 cm³/mol. The van der Waals surface area contributed by atoms with Crippen molar-refractivity contribution in [1.82, 2.24) is 15.2 Å². The Morgan fingerprint density at radius 1 is 1.32 bits per heavy atom. The van der Waals surface area contributed by atoms with Crippen LogP contribution < -0.4 is 11.1 Å². The zero-order valence-corrected chi connectivity index (χ0v) is 10.9. The smallest absolute Gasteiger partial charge is 0.267 e. The Balaban J connectivity index is 1.71. The van der Waals surface area contributed by atoms with Crippen LogP contribution in [0.4, 0.5) is 5.69 Å². The lowest BCUT2D eigenvalue weighted by Gasteiger charge is -2.26. The topological polar surface area (TPSA) is 91.2 Å². The van der Waals surface area contributed by atoms with E-state index in [2.05, 4.69) is 10.3 Å². The largest absolute Gasteiger partial charge is 0.397 e. The molecule has 1 aromatic heterocycles. The fourth-order valence-corrected chi connectivity index (χ4v) is 2.22. The molecule has 1 aliphatic rings. The second kappa shape index (κ2) is 6.26. The van der Waals surface area contributed by atoms with Crippen LogP contribution in [0.1, 0.15) is 36.2 Å². The third-order valence-corrected chi connectivity index (χ3v) is 3.28. The molecule has 2 rings (SSSR count). The van der Waals surface area contributed by atoms with Gasteiger partial charge in [-0.1, -0.05) is 0 Å². The Morgan fingerprint density at radius 3 is 2.68 bits per heavy atom. The third-order valence-electron chi connectivity index (χ3n) is 3.28. The summed E-state index contributed by atoms with van der Waals surface area (Å²) in [5.41, 5.74) is 6.46. The van der Waals surface area contributed by atoms with Gasteiger partial charge >= 0.3 is 0 Å². The first-order valence-electron chi connectivity index (χ1n) is 6.66. The molecule has 19 heavy (non-hydrogen) atoms. The number of nitrogens with zero attached hydrogens (tertiary/aromatic N) is 1. The van der Waals surface area contributed by atoms with Crippen LogP contribution >= 0.6 is 0 Å². The lowest BCUT2D eigenvalue weighted by atomic mass is 10.1. The van der Waals surface area contributed by atoms with Crippen molar-refractivity contribution in [1.29, 1.82) is 0 Å². The van der Waals surface area contributed by atoms with Crippen molar-refractivity contribution in [2.75, 3.05) is 25.4 Å². The van der Waals surface area contributed by atoms with Crippen LogP contribution in [0.25, 0.3) is 0 Å². The number of aromatic nitrogens is 1. The van der Waals surface area contributed by atoms with Crippen LogP contribution in [0.3, 0.4) is 0 Å². The fraction of sp³-hybridized carbons (Fsp3) is 0.538. The predicted octanol–water partition coefficient (Wildman–Crippen LogP) is 0.729. The summed E-state index contributed by atoms with van der Waals surface area (Å²) in [6.45, 7) is 2.05. The average molecular weight is 264 g/mol. The molecule has 0 saturated carbocycles. The third kappa shape index (κ3) is 3.74. The number of hydrogen-bond acceptors (Lipinski definition) is 3. The van der Waals surface area contributed by atoms with Gasteiger partial charge in [-0.2, -0.15) is 0 Å². The zero-order valence-electron chi connectivity index (χ0n) is 10.9. The van der Waals surface area contributed by atoms with Gasteiger partial charge in [0, 0.05) is 37.9 Å². The van der Waals surface area contributed by atoms with E-state index in [1.807, 2.05) is 4.90 Å². The van der Waals surface area contributed by atoms with Gasteiger partial charge in [-0.3, -0.25) is 9.59 Å². The van der Waals surface area contributed by atoms with E-state index in [0.29, 0.717) is 24.3 Å². The number of rotatable bonds is 4. The Labute approximate surface area is 112 Å². The van der Waals surface area contributed by atoms with E-state index in [4.69, 9.17) is 5.73 Å². The number of nitrogens with two attached hydrogens (primary N) is 1. The highest BCUT2D eigenvalue weighted by molar-refractivity contribution is 5.93. The molecule has 6 nitrogen and oxygen atoms in total. The quantitative estimate of drug-likeness (QED) is 0.748. The highest BCUT2D eigenvalue weighted by Gasteiger charge is 2.16. The van der Waals surface area contributed by atoms with E-state index in [-0.39, 0.29) is 11.8 Å². The van der Waals surface area contributed by atoms with E-state index in [9.17, 15) is 9.59 Å². The van der Waals surface area contributed by atoms with Crippen LogP contribution in [0.2, 0.25) is 0 Å². The van der Waals surface area contributed by atoms with Crippen molar-refractivity contribution in [2.24, 2.45) is 0 Å². The number of likely N-dealkylation sites (tertiary alicyclic amines) is 1. The van der Waals surface area contributed by atoms with Gasteiger partial charge < -0.3 is 20.9 Å². The first-order valence-corrected chi connectivity index (χ1v) is 6.66. The molecule has 1 aromatic rings. The zero-order chi connectivity index (χ0) is 13.7. The molecule has 6 heteroatoms. The molecular formula is C13H20N4O2. The van der Waals surface area contributed by atoms with Gasteiger partial charge in [0.25, 0.3) is 5.91 Å². The summed E-state index contributed by atoms with van der Waals surface area (Å²) in [5, 5.41) is 2.71. The number of carbonyl (C=O) groups excluding carboxylic acids is 2. The van der Waals surface area contributed by atoms with Gasteiger partial charge in [0.15, 0.2) is 0 Å². The van der Waals surface area contributed by atoms with E-state index in [1.165, 1.54) is 6.42 Å². The average Bonchev–Trinajstić information content (AvgIpc) is 2.86. The Kier molecular flexibility index (Phi) is 4.43. The van der Waals surface area contributed by atoms with Gasteiger partial charge in [-0.15, -0.1) is 0 Å². The number of piperidine rings is 1. The molecule has 0 radical (unpaired) electrons. The number of hydrogen-bond donors (Lipinski definition) is 3. The Bertz CT molecular complexity index is 449. The van der Waals surface area contributed by atoms with Gasteiger partial charge in [0.1, 0.15) is 5.69 Å². The lowest BCUT2D eigenvalue weighted by Crippen LogP contribution is -2.37. The standard InChI is InChI=1S/C13H20N4O2/c14-10-8-11(16-9-10)13(19)15-5-4-12(18)17-6-2-1-3-7-17/h8-9,16H,1-7,14H2,(H,15,19). The van der Waals surface area contributed by atoms with Crippen molar-refractivity contribution < 1.29 is 9.59 Å². The molecule has 104 valence electrons. The van der Waals surface area contributed by atoms with Crippen molar-refractivity contribution in [3.8, 4) is 0 Å². The summed E-state index contributed by atoms with van der Waals surface area (Å²) in [7, 11) is 0. The Morgan fingerprint density at radius 2 is 2.05 bits per heavy atom. The molecule has 0 atom stereocenters. The monoisotopic (exact) mass is 264 g/mol. The van der Waals surface area contributed by atoms with Gasteiger partial charge in [0.2, 0.25) is 5.91 Å². The molecule has 2 amide bonds. The molecule has 1 aliphatic heterocycles. The van der Waals surface area contributed by atoms with Crippen molar-refractivity contribution in [3.05, 3.63) is 18.0 Å². The van der Waals surface area contributed by atoms with Gasteiger partial charge in [-0.25, -0.2) is 0 Å². The number of amides is 2. The van der Waals surface area contributed by atoms with E-state index in [1.54, 1.807) is 12.3 Å². The van der Waals surface area contributed by atoms with Crippen LogP contribution in [0.5, 0.6) is 0 Å². The van der Waals surface area contributed by atoms with Crippen molar-refractivity contribution in [2.45, 2.75) is 25.7 Å². The lowest BCUT2D eigenvalue weighted by molar-refractivity contribution is -0.131. The van der Waals surface area contributed by atoms with Crippen LogP contribution in [0.15, 0.2) is 12.3 Å². The van der Waals surface area contributed by atoms with Gasteiger partial charge in [-0.05, 0) is 25.3 Å². The molecule has 0 unspecified atom stereocenters. The van der Waals surface area contributed by atoms with E-state index < -0.39 is 0 Å². The minimum Gasteiger partial charge on any atom is -0.397 e. The van der Waals surface area contributed by atoms with Crippen molar-refractivity contribution in [3.63, 3.8) is 0 Å². The summed E-state index contributed by atoms with van der Waals surface area (Å²) in [6.07, 6.45) is 5.28. The maximum atomic E-state index is 11.9. The molecule has 4 N–H and O–H groups in total. The number of nitrogen functional groups attached to an aromatic ring is 1. The van der Waals surface area contributed by atoms with Gasteiger partial charge in [0.05, 0.1) is 0 Å². The second-order valence-electron chi connectivity index (χ2n) is 4.79. The molecule has 0 spiro atoms. The van der Waals surface area contributed by atoms with Crippen LogP contribution in [-0.2, 0) is 4.79 Å². The summed E-state index contributed by atoms with van der Waals surface area (Å²) in [4.78, 5) is 28.2. The molecular weight excluding hydrogens is 244 g/mol. The Hall–Kier alpha value is -1.98. The number of H-pyrrole nitrogens is 1. The molecule has 0 aliphatic carbocycles. The molecule has 0 bridgehead atoms. The maximum absolute atomic E-state index is 11.9. The summed E-state index contributed by atoms with van der Waals surface area (Å²) in [5.74, 6) is -0.117. The number of aromatic amines is 1. The molecule has 1 saturated heterocycles. The van der Waals surface area contributed by atoms with Crippen molar-refractivity contribution >= 4 is 17.5 Å². The van der Waals surface area contributed by atoms with Crippen LogP contribution in [0, 0.1) is 0 Å². The van der Waals surface area contributed by atoms with E-state index in [0.717, 1.165) is 25.9 Å². The number of carbonyl (C=O) groups is 2. The fourth-order valence-electron chi connectivity index (χ4n) is 2.22. The highest BCUT2D eigenvalue weighted by Crippen LogP contribution is 2.09. The molecule has 2 heterocycles. The number of nitrogens with one attached hydrogen (secondary N) is 2. The molecule has 1 fully saturated rings. The van der Waals surface area contributed by atoms with E-state index >= 15 is 0 Å². The summed E-state index contributed by atoms with van der Waals surface area (Å²) in [6, 6.07) is 1.57. The minimum atomic E-state index is -0.233. The maximum Gasteiger partial charge on any atom is 0.267 e. The SMILES string of the molecule is Nc1c[nH]c(C(=O)NCCC(=O)N2CCCCC2)c1. The number of anilines is 1. The normalized spacial score (nSPS) is 15.3. The second-order valence-corrected chi connectivity index (χ2v) is 4.79. The summed E-state index contributed by atoms with van der Waals surface area (Å²) < 4.78 is 0. The molecule has 0 aromatic carbocycles. The summed E-state index contributed by atoms with van der Waals surface area (Å²) >= 11 is 0. The first kappa shape index (κ1) is 13.5. The highest BCUT2D eigenvalue weighted by atomic mass is 16.2.